The first-order chi connectivity index (χ1) is 16.6. The van der Waals surface area contributed by atoms with Crippen LogP contribution in [0.1, 0.15) is 31.9 Å². The summed E-state index contributed by atoms with van der Waals surface area (Å²) in [7, 11) is 0. The second-order valence-electron chi connectivity index (χ2n) is 8.63. The fourth-order valence-corrected chi connectivity index (χ4v) is 6.43. The number of aliphatic imine (C=N–C) groups is 1. The lowest BCUT2D eigenvalue weighted by Crippen LogP contribution is -2.71. The highest BCUT2D eigenvalue weighted by Crippen LogP contribution is 2.50. The number of nitrogens with two attached hydrogens (primary N) is 1. The Morgan fingerprint density at radius 1 is 1.29 bits per heavy atom. The van der Waals surface area contributed by atoms with Crippen molar-refractivity contribution >= 4 is 58.3 Å². The third kappa shape index (κ3) is 5.00. The summed E-state index contributed by atoms with van der Waals surface area (Å²) in [4.78, 5) is 59.6. The van der Waals surface area contributed by atoms with Crippen LogP contribution in [-0.4, -0.2) is 66.7 Å². The molecule has 4 atom stereocenters. The highest BCUT2D eigenvalue weighted by Gasteiger charge is 2.64. The Hall–Kier alpha value is -3.45. The zero-order valence-corrected chi connectivity index (χ0v) is 20.5. The first-order valence-corrected chi connectivity index (χ1v) is 12.5. The molecule has 2 aliphatic rings. The van der Waals surface area contributed by atoms with Crippen LogP contribution in [0.3, 0.4) is 0 Å². The highest BCUT2D eigenvalue weighted by molar-refractivity contribution is 8.01. The Bertz CT molecular complexity index is 1170. The van der Waals surface area contributed by atoms with E-state index in [-0.39, 0.29) is 12.3 Å². The Labute approximate surface area is 209 Å². The smallest absolute Gasteiger partial charge is 0.327 e. The number of fused-ring (bicyclic) bond motifs is 1. The number of thioether (sulfide) groups is 1. The van der Waals surface area contributed by atoms with Crippen molar-refractivity contribution in [3.05, 3.63) is 46.9 Å². The van der Waals surface area contributed by atoms with Crippen molar-refractivity contribution in [2.24, 2.45) is 10.7 Å². The van der Waals surface area contributed by atoms with E-state index in [9.17, 15) is 24.3 Å². The molecule has 0 spiro atoms. The average Bonchev–Trinajstić information content (AvgIpc) is 3.40. The molecule has 2 aromatic rings. The van der Waals surface area contributed by atoms with E-state index in [1.165, 1.54) is 28.0 Å². The first kappa shape index (κ1) is 24.7. The highest BCUT2D eigenvalue weighted by atomic mass is 32.2. The normalized spacial score (nSPS) is 23.7. The van der Waals surface area contributed by atoms with Crippen LogP contribution in [0.15, 0.2) is 46.3 Å². The van der Waals surface area contributed by atoms with Crippen LogP contribution in [0.25, 0.3) is 0 Å². The number of amidine groups is 1. The molecule has 2 aromatic heterocycles. The summed E-state index contributed by atoms with van der Waals surface area (Å²) in [5, 5.41) is 17.9. The van der Waals surface area contributed by atoms with Gasteiger partial charge in [0.25, 0.3) is 0 Å². The van der Waals surface area contributed by atoms with Crippen LogP contribution in [0, 0.1) is 0 Å². The molecule has 0 radical (unpaired) electrons. The summed E-state index contributed by atoms with van der Waals surface area (Å²) in [5.41, 5.74) is 6.99. The largest absolute Gasteiger partial charge is 0.480 e. The number of carbonyl (C=O) groups is 4. The Kier molecular flexibility index (Phi) is 6.81. The molecule has 3 amide bonds. The van der Waals surface area contributed by atoms with Crippen molar-refractivity contribution in [1.82, 2.24) is 20.5 Å². The summed E-state index contributed by atoms with van der Waals surface area (Å²) in [6.07, 6.45) is 2.86. The molecular formula is C22H24N6O5S2. The summed E-state index contributed by atoms with van der Waals surface area (Å²) >= 11 is 2.68. The quantitative estimate of drug-likeness (QED) is 0.229. The van der Waals surface area contributed by atoms with Gasteiger partial charge < -0.3 is 26.4 Å². The molecule has 4 heterocycles. The third-order valence-corrected chi connectivity index (χ3v) is 7.97. The minimum atomic E-state index is -1.09. The number of hydrogen-bond donors (Lipinski definition) is 4. The van der Waals surface area contributed by atoms with E-state index in [4.69, 9.17) is 5.73 Å². The zero-order chi connectivity index (χ0) is 25.3. The van der Waals surface area contributed by atoms with Crippen molar-refractivity contribution < 1.29 is 24.3 Å². The van der Waals surface area contributed by atoms with E-state index >= 15 is 0 Å². The molecular weight excluding hydrogens is 492 g/mol. The SMILES string of the molecule is CC1(C)S[C@@H]2[C@H](NC(=O)C(NC(=O)CC(N)=Nc3ccncc3)c3ccsc3)C(=O)N2[C@H]1C(=O)O. The number of carboxylic acids is 1. The molecule has 0 saturated carbocycles. The maximum atomic E-state index is 13.2. The van der Waals surface area contributed by atoms with Gasteiger partial charge in [0, 0.05) is 17.1 Å². The van der Waals surface area contributed by atoms with Gasteiger partial charge in [-0.2, -0.15) is 11.3 Å². The number of amides is 3. The summed E-state index contributed by atoms with van der Waals surface area (Å²) in [5.74, 6) is -2.57. The molecule has 2 aliphatic heterocycles. The minimum absolute atomic E-state index is 0.0623. The van der Waals surface area contributed by atoms with Gasteiger partial charge in [-0.25, -0.2) is 9.79 Å². The van der Waals surface area contributed by atoms with Crippen molar-refractivity contribution in [2.45, 2.75) is 48.5 Å². The van der Waals surface area contributed by atoms with Gasteiger partial charge in [-0.3, -0.25) is 19.4 Å². The van der Waals surface area contributed by atoms with Crippen molar-refractivity contribution in [2.75, 3.05) is 0 Å². The van der Waals surface area contributed by atoms with E-state index < -0.39 is 51.9 Å². The topological polar surface area (TPSA) is 167 Å². The number of aliphatic carboxylic acids is 1. The number of nitrogens with one attached hydrogen (secondary N) is 2. The molecule has 0 aliphatic carbocycles. The van der Waals surface area contributed by atoms with E-state index in [2.05, 4.69) is 20.6 Å². The van der Waals surface area contributed by atoms with Crippen molar-refractivity contribution in [1.29, 1.82) is 0 Å². The second-order valence-corrected chi connectivity index (χ2v) is 11.2. The Morgan fingerprint density at radius 2 is 2.00 bits per heavy atom. The van der Waals surface area contributed by atoms with Gasteiger partial charge in [-0.15, -0.1) is 11.8 Å². The van der Waals surface area contributed by atoms with Crippen LogP contribution in [-0.2, 0) is 19.2 Å². The molecule has 35 heavy (non-hydrogen) atoms. The lowest BCUT2D eigenvalue weighted by molar-refractivity contribution is -0.161. The standard InChI is InChI=1S/C22H24N6O5S2/c1-22(2)17(21(32)33)28-19(31)16(20(28)35-22)27-18(30)15(11-5-8-34-10-11)26-14(29)9-13(23)25-12-3-6-24-7-4-12/h3-8,10,15-17,20H,9H2,1-2H3,(H,26,29)(H,27,30)(H,32,33)(H2,23,24,25)/t15?,16-,17+,20-/m1/s1. The Morgan fingerprint density at radius 3 is 2.63 bits per heavy atom. The first-order valence-electron chi connectivity index (χ1n) is 10.7. The monoisotopic (exact) mass is 516 g/mol. The third-order valence-electron chi connectivity index (χ3n) is 5.69. The predicted molar refractivity (Wildman–Crippen MR) is 131 cm³/mol. The molecule has 13 heteroatoms. The summed E-state index contributed by atoms with van der Waals surface area (Å²) < 4.78 is -0.710. The molecule has 184 valence electrons. The number of carboxylic acid groups (broad SMARTS) is 1. The average molecular weight is 517 g/mol. The van der Waals surface area contributed by atoms with Gasteiger partial charge in [0.15, 0.2) is 0 Å². The number of nitrogens with zero attached hydrogens (tertiary/aromatic N) is 3. The van der Waals surface area contributed by atoms with E-state index in [0.717, 1.165) is 0 Å². The number of aromatic nitrogens is 1. The number of carbonyl (C=O) groups excluding carboxylic acids is 3. The number of thiophene rings is 1. The van der Waals surface area contributed by atoms with E-state index in [0.29, 0.717) is 11.3 Å². The van der Waals surface area contributed by atoms with Crippen LogP contribution >= 0.6 is 23.1 Å². The van der Waals surface area contributed by atoms with Crippen LogP contribution in [0.5, 0.6) is 0 Å². The second kappa shape index (κ2) is 9.66. The van der Waals surface area contributed by atoms with Crippen LogP contribution < -0.4 is 16.4 Å². The fourth-order valence-electron chi connectivity index (χ4n) is 4.12. The van der Waals surface area contributed by atoms with E-state index in [1.807, 2.05) is 0 Å². The van der Waals surface area contributed by atoms with Gasteiger partial charge in [-0.1, -0.05) is 0 Å². The van der Waals surface area contributed by atoms with Crippen molar-refractivity contribution in [3.8, 4) is 0 Å². The molecule has 11 nitrogen and oxygen atoms in total. The maximum absolute atomic E-state index is 13.2. The number of rotatable bonds is 8. The molecule has 1 unspecified atom stereocenters. The Balaban J connectivity index is 1.44. The lowest BCUT2D eigenvalue weighted by Gasteiger charge is -2.43. The molecule has 5 N–H and O–H groups in total. The summed E-state index contributed by atoms with van der Waals surface area (Å²) in [6.45, 7) is 3.51. The van der Waals surface area contributed by atoms with Gasteiger partial charge >= 0.3 is 5.97 Å². The minimum Gasteiger partial charge on any atom is -0.480 e. The van der Waals surface area contributed by atoms with Crippen LogP contribution in [0.2, 0.25) is 0 Å². The van der Waals surface area contributed by atoms with Crippen molar-refractivity contribution in [3.63, 3.8) is 0 Å². The molecule has 2 saturated heterocycles. The fraction of sp³-hybridized carbons (Fsp3) is 0.364. The van der Waals surface area contributed by atoms with Gasteiger partial charge in [0.05, 0.1) is 12.1 Å². The molecule has 0 bridgehead atoms. The lowest BCUT2D eigenvalue weighted by atomic mass is 9.95. The van der Waals surface area contributed by atoms with E-state index in [1.54, 1.807) is 55.2 Å². The molecule has 4 rings (SSSR count). The molecule has 0 aromatic carbocycles. The number of β-lactam (4-membered cyclic amide) rings is 1. The molecule has 2 fully saturated rings. The van der Waals surface area contributed by atoms with Gasteiger partial charge in [0.1, 0.15) is 29.3 Å². The van der Waals surface area contributed by atoms with Crippen LogP contribution in [0.4, 0.5) is 5.69 Å². The number of pyridine rings is 1. The van der Waals surface area contributed by atoms with Gasteiger partial charge in [-0.05, 0) is 48.4 Å². The predicted octanol–water partition coefficient (Wildman–Crippen LogP) is 1.01. The summed E-state index contributed by atoms with van der Waals surface area (Å²) in [6, 6.07) is 2.07. The zero-order valence-electron chi connectivity index (χ0n) is 18.9. The maximum Gasteiger partial charge on any atom is 0.327 e. The van der Waals surface area contributed by atoms with Gasteiger partial charge in [0.2, 0.25) is 17.7 Å². The number of hydrogen-bond acceptors (Lipinski definition) is 8.